The van der Waals surface area contributed by atoms with Gasteiger partial charge in [-0.1, -0.05) is 55.3 Å². The van der Waals surface area contributed by atoms with Crippen LogP contribution >= 0.6 is 11.6 Å². The molecule has 0 spiro atoms. The van der Waals surface area contributed by atoms with E-state index >= 15 is 0 Å². The molecule has 0 saturated carbocycles. The maximum Gasteiger partial charge on any atom is 0.251 e. The lowest BCUT2D eigenvalue weighted by Crippen LogP contribution is -2.47. The molecular formula is C19H21ClN2O2. The fourth-order valence-corrected chi connectivity index (χ4v) is 2.42. The summed E-state index contributed by atoms with van der Waals surface area (Å²) in [6.45, 7) is 5.72. The molecule has 126 valence electrons. The Morgan fingerprint density at radius 2 is 1.62 bits per heavy atom. The number of carbonyl (C=O) groups excluding carboxylic acids is 2. The third-order valence-corrected chi connectivity index (χ3v) is 4.01. The summed E-state index contributed by atoms with van der Waals surface area (Å²) in [6.07, 6.45) is 0. The average Bonchev–Trinajstić information content (AvgIpc) is 2.54. The highest BCUT2D eigenvalue weighted by Gasteiger charge is 2.25. The molecule has 2 rings (SSSR count). The Kier molecular flexibility index (Phi) is 5.99. The highest BCUT2D eigenvalue weighted by atomic mass is 35.5. The van der Waals surface area contributed by atoms with Gasteiger partial charge >= 0.3 is 0 Å². The first kappa shape index (κ1) is 18.0. The zero-order valence-corrected chi connectivity index (χ0v) is 14.7. The van der Waals surface area contributed by atoms with Gasteiger partial charge in [-0.2, -0.15) is 0 Å². The molecule has 24 heavy (non-hydrogen) atoms. The maximum atomic E-state index is 12.5. The first-order chi connectivity index (χ1) is 11.4. The number of para-hydroxylation sites is 1. The Morgan fingerprint density at radius 1 is 1.00 bits per heavy atom. The van der Waals surface area contributed by atoms with Crippen LogP contribution in [0.25, 0.3) is 0 Å². The fourth-order valence-electron chi connectivity index (χ4n) is 2.24. The minimum atomic E-state index is -0.657. The smallest absolute Gasteiger partial charge is 0.251 e. The van der Waals surface area contributed by atoms with Crippen molar-refractivity contribution in [3.8, 4) is 0 Å². The van der Waals surface area contributed by atoms with E-state index in [1.807, 2.05) is 32.9 Å². The van der Waals surface area contributed by atoms with Gasteiger partial charge in [-0.25, -0.2) is 0 Å². The van der Waals surface area contributed by atoms with Crippen LogP contribution < -0.4 is 10.6 Å². The minimum absolute atomic E-state index is 0.0677. The molecule has 0 aliphatic heterocycles. The van der Waals surface area contributed by atoms with Gasteiger partial charge in [-0.3, -0.25) is 9.59 Å². The van der Waals surface area contributed by atoms with Crippen LogP contribution in [0.1, 0.15) is 29.8 Å². The molecule has 1 atom stereocenters. The Morgan fingerprint density at radius 3 is 2.21 bits per heavy atom. The summed E-state index contributed by atoms with van der Waals surface area (Å²) in [4.78, 5) is 24.9. The standard InChI is InChI=1S/C19H21ClN2O2/c1-12(2)17(19(24)21-16-7-5-4-6-15(16)20)22-18(23)14-10-8-13(3)9-11-14/h4-12,17H,1-3H3,(H,21,24)(H,22,23)/t17-/m0/s1. The van der Waals surface area contributed by atoms with E-state index in [4.69, 9.17) is 11.6 Å². The van der Waals surface area contributed by atoms with Crippen molar-refractivity contribution in [2.75, 3.05) is 5.32 Å². The molecule has 5 heteroatoms. The predicted octanol–water partition coefficient (Wildman–Crippen LogP) is 4.04. The van der Waals surface area contributed by atoms with Gasteiger partial charge in [0, 0.05) is 5.56 Å². The van der Waals surface area contributed by atoms with Gasteiger partial charge in [0.1, 0.15) is 6.04 Å². The van der Waals surface area contributed by atoms with Crippen LogP contribution in [0.5, 0.6) is 0 Å². The molecule has 0 aromatic heterocycles. The molecule has 0 bridgehead atoms. The summed E-state index contributed by atoms with van der Waals surface area (Å²) in [5, 5.41) is 6.03. The molecule has 0 unspecified atom stereocenters. The molecule has 0 aliphatic carbocycles. The van der Waals surface area contributed by atoms with Crippen molar-refractivity contribution >= 4 is 29.1 Å². The first-order valence-corrected chi connectivity index (χ1v) is 8.19. The van der Waals surface area contributed by atoms with Gasteiger partial charge in [0.05, 0.1) is 10.7 Å². The number of amides is 2. The fraction of sp³-hybridized carbons (Fsp3) is 0.263. The SMILES string of the molecule is Cc1ccc(C(=O)N[C@H](C(=O)Nc2ccccc2Cl)C(C)C)cc1. The van der Waals surface area contributed by atoms with E-state index in [1.165, 1.54) is 0 Å². The summed E-state index contributed by atoms with van der Waals surface area (Å²) in [5.41, 5.74) is 2.12. The molecule has 0 heterocycles. The van der Waals surface area contributed by atoms with Crippen LogP contribution in [-0.4, -0.2) is 17.9 Å². The molecule has 0 radical (unpaired) electrons. The summed E-state index contributed by atoms with van der Waals surface area (Å²) in [7, 11) is 0. The Labute approximate surface area is 147 Å². The van der Waals surface area contributed by atoms with Gasteiger partial charge in [0.2, 0.25) is 5.91 Å². The molecule has 2 N–H and O–H groups in total. The van der Waals surface area contributed by atoms with Gasteiger partial charge in [-0.05, 0) is 37.1 Å². The van der Waals surface area contributed by atoms with Crippen molar-refractivity contribution in [2.45, 2.75) is 26.8 Å². The van der Waals surface area contributed by atoms with Gasteiger partial charge < -0.3 is 10.6 Å². The van der Waals surface area contributed by atoms with Crippen LogP contribution in [-0.2, 0) is 4.79 Å². The number of benzene rings is 2. The Hall–Kier alpha value is -2.33. The molecule has 4 nitrogen and oxygen atoms in total. The quantitative estimate of drug-likeness (QED) is 0.860. The van der Waals surface area contributed by atoms with E-state index in [1.54, 1.807) is 36.4 Å². The van der Waals surface area contributed by atoms with Gasteiger partial charge in [0.15, 0.2) is 0 Å². The summed E-state index contributed by atoms with van der Waals surface area (Å²) in [6, 6.07) is 13.6. The topological polar surface area (TPSA) is 58.2 Å². The Balaban J connectivity index is 2.11. The van der Waals surface area contributed by atoms with Crippen molar-refractivity contribution in [1.29, 1.82) is 0 Å². The van der Waals surface area contributed by atoms with Gasteiger partial charge in [-0.15, -0.1) is 0 Å². The lowest BCUT2D eigenvalue weighted by atomic mass is 10.0. The second kappa shape index (κ2) is 7.97. The number of hydrogen-bond donors (Lipinski definition) is 2. The lowest BCUT2D eigenvalue weighted by molar-refractivity contribution is -0.118. The maximum absolute atomic E-state index is 12.5. The highest BCUT2D eigenvalue weighted by molar-refractivity contribution is 6.33. The van der Waals surface area contributed by atoms with E-state index in [0.29, 0.717) is 16.3 Å². The van der Waals surface area contributed by atoms with E-state index in [0.717, 1.165) is 5.56 Å². The third-order valence-electron chi connectivity index (χ3n) is 3.68. The van der Waals surface area contributed by atoms with Crippen LogP contribution in [0, 0.1) is 12.8 Å². The molecule has 0 saturated heterocycles. The Bertz CT molecular complexity index is 726. The monoisotopic (exact) mass is 344 g/mol. The minimum Gasteiger partial charge on any atom is -0.340 e. The first-order valence-electron chi connectivity index (χ1n) is 7.81. The second-order valence-electron chi connectivity index (χ2n) is 6.03. The van der Waals surface area contributed by atoms with Crippen LogP contribution in [0.4, 0.5) is 5.69 Å². The number of rotatable bonds is 5. The largest absolute Gasteiger partial charge is 0.340 e. The van der Waals surface area contributed by atoms with Crippen molar-refractivity contribution in [3.05, 3.63) is 64.7 Å². The number of carbonyl (C=O) groups is 2. The second-order valence-corrected chi connectivity index (χ2v) is 6.44. The zero-order chi connectivity index (χ0) is 17.7. The van der Waals surface area contributed by atoms with Gasteiger partial charge in [0.25, 0.3) is 5.91 Å². The van der Waals surface area contributed by atoms with E-state index in [9.17, 15) is 9.59 Å². The van der Waals surface area contributed by atoms with Crippen molar-refractivity contribution < 1.29 is 9.59 Å². The predicted molar refractivity (Wildman–Crippen MR) is 97.4 cm³/mol. The number of aryl methyl sites for hydroxylation is 1. The molecule has 2 amide bonds. The third kappa shape index (κ3) is 4.59. The lowest BCUT2D eigenvalue weighted by Gasteiger charge is -2.22. The highest BCUT2D eigenvalue weighted by Crippen LogP contribution is 2.21. The van der Waals surface area contributed by atoms with E-state index in [-0.39, 0.29) is 17.7 Å². The van der Waals surface area contributed by atoms with Crippen LogP contribution in [0.2, 0.25) is 5.02 Å². The van der Waals surface area contributed by atoms with E-state index in [2.05, 4.69) is 10.6 Å². The van der Waals surface area contributed by atoms with E-state index < -0.39 is 6.04 Å². The molecule has 2 aromatic rings. The molecular weight excluding hydrogens is 324 g/mol. The molecule has 0 aliphatic rings. The molecule has 0 fully saturated rings. The van der Waals surface area contributed by atoms with Crippen LogP contribution in [0.15, 0.2) is 48.5 Å². The summed E-state index contributed by atoms with van der Waals surface area (Å²) in [5.74, 6) is -0.636. The normalized spacial score (nSPS) is 11.9. The number of halogens is 1. The van der Waals surface area contributed by atoms with Crippen LogP contribution in [0.3, 0.4) is 0 Å². The van der Waals surface area contributed by atoms with Crippen molar-refractivity contribution in [2.24, 2.45) is 5.92 Å². The summed E-state index contributed by atoms with van der Waals surface area (Å²) < 4.78 is 0. The number of anilines is 1. The van der Waals surface area contributed by atoms with Crippen molar-refractivity contribution in [3.63, 3.8) is 0 Å². The number of nitrogens with one attached hydrogen (secondary N) is 2. The summed E-state index contributed by atoms with van der Waals surface area (Å²) >= 11 is 6.07. The zero-order valence-electron chi connectivity index (χ0n) is 14.0. The van der Waals surface area contributed by atoms with Crippen molar-refractivity contribution in [1.82, 2.24) is 5.32 Å². The molecule has 2 aromatic carbocycles. The average molecular weight is 345 g/mol. The number of hydrogen-bond acceptors (Lipinski definition) is 2.